The number of rotatable bonds is 11. The van der Waals surface area contributed by atoms with Crippen molar-refractivity contribution in [2.45, 2.75) is 70.2 Å². The first-order chi connectivity index (χ1) is 30.5. The van der Waals surface area contributed by atoms with Crippen LogP contribution in [0.4, 0.5) is 0 Å². The second kappa shape index (κ2) is 19.2. The lowest BCUT2D eigenvalue weighted by Gasteiger charge is -2.29. The van der Waals surface area contributed by atoms with Crippen molar-refractivity contribution in [3.8, 4) is 0 Å². The number of halogens is 4. The predicted octanol–water partition coefficient (Wildman–Crippen LogP) is 5.39. The maximum atomic E-state index is 12.9. The zero-order chi connectivity index (χ0) is 46.0. The van der Waals surface area contributed by atoms with E-state index < -0.39 is 47.2 Å². The van der Waals surface area contributed by atoms with Crippen LogP contribution < -0.4 is 16.0 Å². The summed E-state index contributed by atoms with van der Waals surface area (Å²) in [6.45, 7) is 0.448. The van der Waals surface area contributed by atoms with E-state index in [0.29, 0.717) is 40.1 Å². The second-order valence-corrected chi connectivity index (χ2v) is 16.9. The van der Waals surface area contributed by atoms with Crippen LogP contribution in [0.3, 0.4) is 0 Å². The van der Waals surface area contributed by atoms with E-state index >= 15 is 0 Å². The van der Waals surface area contributed by atoms with Gasteiger partial charge in [0.15, 0.2) is 0 Å². The molecule has 4 heterocycles. The fourth-order valence-corrected chi connectivity index (χ4v) is 8.39. The van der Waals surface area contributed by atoms with Crippen molar-refractivity contribution in [1.82, 2.24) is 25.8 Å². The van der Waals surface area contributed by atoms with Crippen molar-refractivity contribution in [1.29, 1.82) is 0 Å². The lowest BCUT2D eigenvalue weighted by Crippen LogP contribution is -2.52. The summed E-state index contributed by atoms with van der Waals surface area (Å²) in [5, 5.41) is 8.04. The van der Waals surface area contributed by atoms with Crippen LogP contribution >= 0.6 is 46.4 Å². The number of ketones is 3. The molecule has 4 aliphatic rings. The summed E-state index contributed by atoms with van der Waals surface area (Å²) < 4.78 is 0. The quantitative estimate of drug-likeness (QED) is 0.0991. The Kier molecular flexibility index (Phi) is 13.7. The van der Waals surface area contributed by atoms with E-state index in [1.807, 2.05) is 6.07 Å². The Hall–Kier alpha value is -6.26. The number of hydrogen-bond acceptors (Lipinski definition) is 10. The lowest BCUT2D eigenvalue weighted by molar-refractivity contribution is -0.138. The van der Waals surface area contributed by atoms with Crippen molar-refractivity contribution < 1.29 is 47.9 Å². The predicted molar refractivity (Wildman–Crippen MR) is 232 cm³/mol. The van der Waals surface area contributed by atoms with Crippen molar-refractivity contribution in [3.63, 3.8) is 0 Å². The molecule has 0 saturated carbocycles. The average molecular weight is 948 g/mol. The summed E-state index contributed by atoms with van der Waals surface area (Å²) in [5.41, 5.74) is 4.09. The SMILES string of the molecule is O=C1CCC(N2Cc3c(CNC(=O)C(=O)c4ccc(Cl)c(Cl)c4)cccc3C2=O)C(=O)N1.O=C1CCC(N2Cc3cc(CCC(=O)C(=O)c4ccc(Cl)c(Cl)c4)ccc3C2=O)C(=O)N1. The number of Topliss-reactive ketones (excluding diaryl/α,β-unsaturated/α-hetero) is 3. The number of benzene rings is 4. The third kappa shape index (κ3) is 9.77. The number of hydrogen-bond donors (Lipinski definition) is 3. The van der Waals surface area contributed by atoms with Crippen molar-refractivity contribution >= 4 is 105 Å². The highest BCUT2D eigenvalue weighted by Crippen LogP contribution is 2.31. The number of nitrogens with zero attached hydrogens (tertiary/aromatic N) is 2. The Morgan fingerprint density at radius 2 is 1.19 bits per heavy atom. The van der Waals surface area contributed by atoms with E-state index in [2.05, 4.69) is 16.0 Å². The highest BCUT2D eigenvalue weighted by atomic mass is 35.5. The number of aryl methyl sites for hydroxylation is 1. The molecule has 2 atom stereocenters. The van der Waals surface area contributed by atoms with Crippen LogP contribution in [0.15, 0.2) is 72.8 Å². The monoisotopic (exact) mass is 945 g/mol. The van der Waals surface area contributed by atoms with Crippen LogP contribution in [0.25, 0.3) is 0 Å². The average Bonchev–Trinajstić information content (AvgIpc) is 3.78. The molecule has 8 rings (SSSR count). The number of carbonyl (C=O) groups excluding carboxylic acids is 10. The highest BCUT2D eigenvalue weighted by molar-refractivity contribution is 6.46. The molecule has 328 valence electrons. The van der Waals surface area contributed by atoms with E-state index in [-0.39, 0.29) is 95.1 Å². The molecule has 7 amide bonds. The standard InChI is InChI=1S/C23H18Cl2N2O5.C22H17Cl2N3O5/c24-16-5-3-13(10-17(16)25)21(30)19(28)7-2-12-1-4-15-14(9-12)11-27(23(15)32)18-6-8-20(29)26-22(18)31;23-15-5-4-11(8-16(15)24)19(29)21(31)25-9-12-2-1-3-13-14(12)10-27(22(13)32)17-6-7-18(28)26-20(17)30/h1,3-5,9-10,18H,2,6-8,11H2,(H,26,29,31);1-5,8,17H,6-7,9-10H2,(H,25,31)(H,26,28,30). The Balaban J connectivity index is 0.000000191. The van der Waals surface area contributed by atoms with Crippen LogP contribution in [0.2, 0.25) is 20.1 Å². The van der Waals surface area contributed by atoms with Crippen LogP contribution in [0.1, 0.15) is 95.8 Å². The summed E-state index contributed by atoms with van der Waals surface area (Å²) in [5.74, 6) is -5.00. The zero-order valence-corrected chi connectivity index (χ0v) is 36.5. The van der Waals surface area contributed by atoms with Gasteiger partial charge in [-0.1, -0.05) is 70.7 Å². The third-order valence-electron chi connectivity index (χ3n) is 11.2. The number of amides is 7. The van der Waals surface area contributed by atoms with Gasteiger partial charge in [0, 0.05) is 61.2 Å². The molecular formula is C45H35Cl4N5O10. The first-order valence-corrected chi connectivity index (χ1v) is 21.3. The minimum absolute atomic E-state index is 0.00265. The fraction of sp³-hybridized carbons (Fsp3) is 0.244. The molecule has 0 radical (unpaired) electrons. The van der Waals surface area contributed by atoms with Crippen LogP contribution in [-0.2, 0) is 54.8 Å². The fourth-order valence-electron chi connectivity index (χ4n) is 7.79. The maximum Gasteiger partial charge on any atom is 0.292 e. The minimum atomic E-state index is -0.827. The van der Waals surface area contributed by atoms with Crippen molar-refractivity contribution in [2.24, 2.45) is 0 Å². The van der Waals surface area contributed by atoms with E-state index in [0.717, 1.165) is 11.1 Å². The van der Waals surface area contributed by atoms with E-state index in [1.165, 1.54) is 46.2 Å². The second-order valence-electron chi connectivity index (χ2n) is 15.3. The molecule has 4 aromatic rings. The molecule has 4 aromatic carbocycles. The molecule has 2 unspecified atom stereocenters. The van der Waals surface area contributed by atoms with Gasteiger partial charge in [-0.2, -0.15) is 0 Å². The van der Waals surface area contributed by atoms with Gasteiger partial charge in [-0.15, -0.1) is 0 Å². The molecule has 0 spiro atoms. The minimum Gasteiger partial charge on any atom is -0.345 e. The van der Waals surface area contributed by atoms with Gasteiger partial charge in [0.1, 0.15) is 12.1 Å². The zero-order valence-electron chi connectivity index (χ0n) is 33.4. The largest absolute Gasteiger partial charge is 0.345 e. The Labute approximate surface area is 384 Å². The summed E-state index contributed by atoms with van der Waals surface area (Å²) >= 11 is 23.5. The molecular weight excluding hydrogens is 912 g/mol. The number of carbonyl (C=O) groups is 10. The Bertz CT molecular complexity index is 2720. The Morgan fingerprint density at radius 1 is 0.625 bits per heavy atom. The molecule has 2 saturated heterocycles. The van der Waals surface area contributed by atoms with Gasteiger partial charge >= 0.3 is 0 Å². The first kappa shape index (κ1) is 45.8. The molecule has 3 N–H and O–H groups in total. The molecule has 0 aliphatic carbocycles. The van der Waals surface area contributed by atoms with Crippen LogP contribution in [0, 0.1) is 0 Å². The van der Waals surface area contributed by atoms with Gasteiger partial charge in [-0.05, 0) is 90.0 Å². The topological polar surface area (TPSA) is 213 Å². The molecule has 15 nitrogen and oxygen atoms in total. The van der Waals surface area contributed by atoms with Crippen molar-refractivity contribution in [3.05, 3.63) is 137 Å². The van der Waals surface area contributed by atoms with Gasteiger partial charge in [-0.25, -0.2) is 0 Å². The molecule has 0 bridgehead atoms. The molecule has 0 aromatic heterocycles. The van der Waals surface area contributed by atoms with Crippen LogP contribution in [0.5, 0.6) is 0 Å². The normalized spacial score (nSPS) is 17.8. The van der Waals surface area contributed by atoms with E-state index in [9.17, 15) is 47.9 Å². The van der Waals surface area contributed by atoms with E-state index in [4.69, 9.17) is 46.4 Å². The van der Waals surface area contributed by atoms with Crippen LogP contribution in [-0.4, -0.2) is 80.6 Å². The smallest absolute Gasteiger partial charge is 0.292 e. The molecule has 2 fully saturated rings. The summed E-state index contributed by atoms with van der Waals surface area (Å²) in [7, 11) is 0. The molecule has 4 aliphatic heterocycles. The van der Waals surface area contributed by atoms with Gasteiger partial charge in [0.25, 0.3) is 17.7 Å². The van der Waals surface area contributed by atoms with Crippen molar-refractivity contribution in [2.75, 3.05) is 0 Å². The summed E-state index contributed by atoms with van der Waals surface area (Å²) in [4.78, 5) is 125. The molecule has 19 heteroatoms. The third-order valence-corrected chi connectivity index (χ3v) is 12.6. The van der Waals surface area contributed by atoms with Gasteiger partial charge < -0.3 is 15.1 Å². The highest BCUT2D eigenvalue weighted by Gasteiger charge is 2.41. The lowest BCUT2D eigenvalue weighted by atomic mass is 9.99. The van der Waals surface area contributed by atoms with Gasteiger partial charge in [-0.3, -0.25) is 58.6 Å². The van der Waals surface area contributed by atoms with Gasteiger partial charge in [0.05, 0.1) is 20.1 Å². The van der Waals surface area contributed by atoms with Gasteiger partial charge in [0.2, 0.25) is 41.0 Å². The number of imide groups is 2. The summed E-state index contributed by atoms with van der Waals surface area (Å²) in [6, 6.07) is 17.3. The summed E-state index contributed by atoms with van der Waals surface area (Å²) in [6.07, 6.45) is 1.23. The first-order valence-electron chi connectivity index (χ1n) is 19.8. The number of fused-ring (bicyclic) bond motifs is 2. The number of nitrogens with one attached hydrogen (secondary N) is 3. The Morgan fingerprint density at radius 3 is 1.77 bits per heavy atom. The maximum absolute atomic E-state index is 12.9. The van der Waals surface area contributed by atoms with E-state index in [1.54, 1.807) is 30.3 Å². The molecule has 64 heavy (non-hydrogen) atoms. The number of piperidine rings is 2.